The van der Waals surface area contributed by atoms with Crippen molar-refractivity contribution in [1.82, 2.24) is 21.3 Å². The van der Waals surface area contributed by atoms with Crippen LogP contribution < -0.4 is 21.3 Å². The lowest BCUT2D eigenvalue weighted by molar-refractivity contribution is -0.137. The van der Waals surface area contributed by atoms with E-state index in [0.717, 1.165) is 5.56 Å². The van der Waals surface area contributed by atoms with Crippen LogP contribution in [0.15, 0.2) is 42.5 Å². The average molecular weight is 605 g/mol. The Labute approximate surface area is 252 Å². The van der Waals surface area contributed by atoms with Crippen molar-refractivity contribution in [3.8, 4) is 0 Å². The van der Waals surface area contributed by atoms with E-state index < -0.39 is 42.0 Å². The van der Waals surface area contributed by atoms with Crippen molar-refractivity contribution in [2.45, 2.75) is 71.2 Å². The van der Waals surface area contributed by atoms with E-state index in [9.17, 15) is 24.0 Å². The number of nitrogens with one attached hydrogen (secondary N) is 4. The second-order valence-corrected chi connectivity index (χ2v) is 11.5. The molecule has 4 N–H and O–H groups in total. The molecule has 11 nitrogen and oxygen atoms in total. The fourth-order valence-corrected chi connectivity index (χ4v) is 4.89. The summed E-state index contributed by atoms with van der Waals surface area (Å²) in [6, 6.07) is 6.74. The predicted octanol–water partition coefficient (Wildman–Crippen LogP) is 2.70. The van der Waals surface area contributed by atoms with Crippen molar-refractivity contribution in [1.29, 1.82) is 0 Å². The number of benzene rings is 1. The van der Waals surface area contributed by atoms with Crippen molar-refractivity contribution in [3.63, 3.8) is 0 Å². The van der Waals surface area contributed by atoms with Gasteiger partial charge in [0.2, 0.25) is 17.7 Å². The highest BCUT2D eigenvalue weighted by molar-refractivity contribution is 7.98. The second-order valence-electron chi connectivity index (χ2n) is 10.5. The fraction of sp³-hybridized carbons (Fsp3) is 0.567. The molecule has 4 amide bonds. The normalized spacial score (nSPS) is 16.8. The molecule has 0 aromatic heterocycles. The Morgan fingerprint density at radius 3 is 2.38 bits per heavy atom. The minimum Gasteiger partial charge on any atom is -0.463 e. The zero-order valence-corrected chi connectivity index (χ0v) is 25.7. The van der Waals surface area contributed by atoms with Crippen molar-refractivity contribution < 1.29 is 33.4 Å². The first-order valence-corrected chi connectivity index (χ1v) is 15.7. The molecule has 1 aromatic rings. The third kappa shape index (κ3) is 13.0. The van der Waals surface area contributed by atoms with Gasteiger partial charge in [-0.15, -0.1) is 0 Å². The lowest BCUT2D eigenvalue weighted by Crippen LogP contribution is -2.55. The maximum absolute atomic E-state index is 13.4. The van der Waals surface area contributed by atoms with E-state index in [2.05, 4.69) is 21.3 Å². The number of esters is 1. The van der Waals surface area contributed by atoms with E-state index in [1.807, 2.05) is 50.4 Å². The fourth-order valence-electron chi connectivity index (χ4n) is 4.42. The number of carbonyl (C=O) groups excluding carboxylic acids is 5. The van der Waals surface area contributed by atoms with Gasteiger partial charge in [0.15, 0.2) is 0 Å². The maximum Gasteiger partial charge on any atom is 0.408 e. The van der Waals surface area contributed by atoms with Crippen LogP contribution in [-0.4, -0.2) is 73.1 Å². The van der Waals surface area contributed by atoms with Gasteiger partial charge in [0, 0.05) is 24.6 Å². The monoisotopic (exact) mass is 604 g/mol. The standard InChI is InChI=1S/C30H44N4O7S/c1-5-40-26(35)12-11-23(18-22-13-15-31-27(22)36)32-28(37)24(14-16-42-4)33-29(38)25(17-20(2)3)34-30(39)41-19-21-9-7-6-8-10-21/h6-12,20,22-25H,5,13-19H2,1-4H3,(H,31,36)(H,32,37)(H,33,38)(H,34,39)/t22-,23+,24-,25-/m0/s1. The van der Waals surface area contributed by atoms with Crippen LogP contribution in [0.5, 0.6) is 0 Å². The molecular weight excluding hydrogens is 560 g/mol. The van der Waals surface area contributed by atoms with Crippen LogP contribution in [0.1, 0.15) is 52.0 Å². The highest BCUT2D eigenvalue weighted by Crippen LogP contribution is 2.17. The maximum atomic E-state index is 13.4. The number of amides is 4. The first-order chi connectivity index (χ1) is 20.1. The minimum absolute atomic E-state index is 0.0567. The first-order valence-electron chi connectivity index (χ1n) is 14.3. The van der Waals surface area contributed by atoms with Gasteiger partial charge in [-0.2, -0.15) is 11.8 Å². The number of hydrogen-bond acceptors (Lipinski definition) is 8. The van der Waals surface area contributed by atoms with Crippen molar-refractivity contribution in [3.05, 3.63) is 48.0 Å². The van der Waals surface area contributed by atoms with Crippen LogP contribution in [0.25, 0.3) is 0 Å². The molecule has 1 saturated heterocycles. The second kappa shape index (κ2) is 18.8. The summed E-state index contributed by atoms with van der Waals surface area (Å²) in [4.78, 5) is 63.5. The zero-order chi connectivity index (χ0) is 30.9. The number of alkyl carbamates (subject to hydrolysis) is 1. The number of thioether (sulfide) groups is 1. The molecule has 0 radical (unpaired) electrons. The zero-order valence-electron chi connectivity index (χ0n) is 24.9. The third-order valence-corrected chi connectivity index (χ3v) is 7.20. The molecule has 4 atom stereocenters. The van der Waals surface area contributed by atoms with Crippen LogP contribution in [0, 0.1) is 11.8 Å². The topological polar surface area (TPSA) is 152 Å². The van der Waals surface area contributed by atoms with Crippen molar-refractivity contribution in [2.24, 2.45) is 11.8 Å². The molecule has 2 rings (SSSR count). The van der Waals surface area contributed by atoms with E-state index in [0.29, 0.717) is 38.0 Å². The van der Waals surface area contributed by atoms with Crippen LogP contribution in [0.4, 0.5) is 4.79 Å². The highest BCUT2D eigenvalue weighted by atomic mass is 32.2. The molecule has 12 heteroatoms. The lowest BCUT2D eigenvalue weighted by atomic mass is 9.97. The Kier molecular flexibility index (Phi) is 15.5. The van der Waals surface area contributed by atoms with Crippen LogP contribution >= 0.6 is 11.8 Å². The molecule has 1 aliphatic heterocycles. The summed E-state index contributed by atoms with van der Waals surface area (Å²) in [5, 5.41) is 11.1. The smallest absolute Gasteiger partial charge is 0.408 e. The molecule has 0 bridgehead atoms. The van der Waals surface area contributed by atoms with E-state index in [1.165, 1.54) is 23.9 Å². The molecule has 0 unspecified atom stereocenters. The van der Waals surface area contributed by atoms with Gasteiger partial charge in [-0.3, -0.25) is 14.4 Å². The van der Waals surface area contributed by atoms with Crippen molar-refractivity contribution in [2.75, 3.05) is 25.2 Å². The Bertz CT molecular complexity index is 1070. The minimum atomic E-state index is -0.917. The summed E-state index contributed by atoms with van der Waals surface area (Å²) < 4.78 is 10.3. The Balaban J connectivity index is 2.11. The molecule has 232 valence electrons. The largest absolute Gasteiger partial charge is 0.463 e. The molecule has 42 heavy (non-hydrogen) atoms. The molecule has 1 heterocycles. The van der Waals surface area contributed by atoms with Crippen molar-refractivity contribution >= 4 is 41.5 Å². The van der Waals surface area contributed by atoms with Gasteiger partial charge in [-0.05, 0) is 56.1 Å². The van der Waals surface area contributed by atoms with Gasteiger partial charge in [-0.1, -0.05) is 50.3 Å². The summed E-state index contributed by atoms with van der Waals surface area (Å²) in [6.07, 6.45) is 5.50. The number of hydrogen-bond donors (Lipinski definition) is 4. The van der Waals surface area contributed by atoms with E-state index in [1.54, 1.807) is 6.92 Å². The summed E-state index contributed by atoms with van der Waals surface area (Å²) in [7, 11) is 0. The van der Waals surface area contributed by atoms with Crippen LogP contribution in [-0.2, 0) is 35.3 Å². The Morgan fingerprint density at radius 2 is 1.76 bits per heavy atom. The molecule has 1 aliphatic rings. The number of carbonyl (C=O) groups is 5. The van der Waals surface area contributed by atoms with Crippen LogP contribution in [0.3, 0.4) is 0 Å². The van der Waals surface area contributed by atoms with Gasteiger partial charge < -0.3 is 30.7 Å². The summed E-state index contributed by atoms with van der Waals surface area (Å²) in [5.41, 5.74) is 0.813. The first kappa shape index (κ1) is 34.7. The van der Waals surface area contributed by atoms with Gasteiger partial charge in [-0.25, -0.2) is 9.59 Å². The van der Waals surface area contributed by atoms with Gasteiger partial charge in [0.1, 0.15) is 18.7 Å². The lowest BCUT2D eigenvalue weighted by Gasteiger charge is -2.26. The summed E-state index contributed by atoms with van der Waals surface area (Å²) in [6.45, 7) is 6.36. The van der Waals surface area contributed by atoms with Gasteiger partial charge in [0.25, 0.3) is 0 Å². The molecular formula is C30H44N4O7S. The molecule has 1 aromatic carbocycles. The molecule has 0 saturated carbocycles. The SMILES string of the molecule is CCOC(=O)C=C[C@H](C[C@@H]1CCNC1=O)NC(=O)[C@H](CCSC)NC(=O)[C@H](CC(C)C)NC(=O)OCc1ccccc1. The quantitative estimate of drug-likeness (QED) is 0.157. The Morgan fingerprint density at radius 1 is 1.05 bits per heavy atom. The number of ether oxygens (including phenoxy) is 2. The molecule has 1 fully saturated rings. The van der Waals surface area contributed by atoms with E-state index in [4.69, 9.17) is 9.47 Å². The molecule has 0 aliphatic carbocycles. The average Bonchev–Trinajstić information content (AvgIpc) is 3.36. The van der Waals surface area contributed by atoms with Gasteiger partial charge >= 0.3 is 12.1 Å². The Hall–Kier alpha value is -3.54. The summed E-state index contributed by atoms with van der Waals surface area (Å²) in [5.74, 6) is -1.27. The third-order valence-electron chi connectivity index (χ3n) is 6.55. The van der Waals surface area contributed by atoms with Crippen LogP contribution in [0.2, 0.25) is 0 Å². The number of rotatable bonds is 17. The predicted molar refractivity (Wildman–Crippen MR) is 161 cm³/mol. The van der Waals surface area contributed by atoms with E-state index >= 15 is 0 Å². The summed E-state index contributed by atoms with van der Waals surface area (Å²) >= 11 is 1.52. The van der Waals surface area contributed by atoms with Gasteiger partial charge in [0.05, 0.1) is 6.61 Å². The van der Waals surface area contributed by atoms with E-state index in [-0.39, 0.29) is 31.0 Å². The molecule has 0 spiro atoms. The highest BCUT2D eigenvalue weighted by Gasteiger charge is 2.31.